The summed E-state index contributed by atoms with van der Waals surface area (Å²) < 4.78 is 0.305. The van der Waals surface area contributed by atoms with Gasteiger partial charge in [-0.1, -0.05) is 43.9 Å². The molecule has 0 bridgehead atoms. The molecule has 1 atom stereocenters. The van der Waals surface area contributed by atoms with Crippen molar-refractivity contribution in [1.82, 2.24) is 4.90 Å². The van der Waals surface area contributed by atoms with Gasteiger partial charge in [0.2, 0.25) is 0 Å². The average Bonchev–Trinajstić information content (AvgIpc) is 2.93. The molecule has 0 saturated carbocycles. The fourth-order valence-electron chi connectivity index (χ4n) is 1.92. The minimum Gasteiger partial charge on any atom is -0.480 e. The molecule has 1 fully saturated rings. The van der Waals surface area contributed by atoms with Crippen molar-refractivity contribution in [3.8, 4) is 0 Å². The molecule has 2 rings (SSSR count). The van der Waals surface area contributed by atoms with Gasteiger partial charge in [-0.15, -0.1) is 11.3 Å². The number of carboxylic acid groups (broad SMARTS) is 1. The highest BCUT2D eigenvalue weighted by molar-refractivity contribution is 8.26. The van der Waals surface area contributed by atoms with Crippen LogP contribution in [0.15, 0.2) is 22.4 Å². The molecule has 1 N–H and O–H groups in total. The van der Waals surface area contributed by atoms with E-state index in [-0.39, 0.29) is 11.8 Å². The largest absolute Gasteiger partial charge is 0.480 e. The molecular formula is C13H13NO3S3. The zero-order valence-electron chi connectivity index (χ0n) is 10.9. The van der Waals surface area contributed by atoms with E-state index in [1.807, 2.05) is 17.5 Å². The van der Waals surface area contributed by atoms with E-state index in [0.29, 0.717) is 9.23 Å². The highest BCUT2D eigenvalue weighted by Crippen LogP contribution is 2.35. The summed E-state index contributed by atoms with van der Waals surface area (Å²) >= 11 is 7.84. The second-order valence-electron chi connectivity index (χ2n) is 4.59. The standard InChI is InChI=1S/C13H13NO3S3/c1-7(2)10(12(16)17)14-11(15)9(20-13(14)18)6-8-4-3-5-19-8/h3-7,10H,1-2H3,(H,16,17)/b9-6+. The quantitative estimate of drug-likeness (QED) is 0.680. The lowest BCUT2D eigenvalue weighted by molar-refractivity contribution is -0.146. The van der Waals surface area contributed by atoms with E-state index >= 15 is 0 Å². The van der Waals surface area contributed by atoms with Gasteiger partial charge in [-0.2, -0.15) is 0 Å². The maximum absolute atomic E-state index is 12.4. The molecule has 1 aliphatic rings. The van der Waals surface area contributed by atoms with E-state index < -0.39 is 12.0 Å². The molecule has 1 aromatic heterocycles. The van der Waals surface area contributed by atoms with Gasteiger partial charge in [0.1, 0.15) is 10.4 Å². The zero-order valence-corrected chi connectivity index (χ0v) is 13.3. The molecule has 4 nitrogen and oxygen atoms in total. The topological polar surface area (TPSA) is 57.6 Å². The molecule has 2 heterocycles. The third kappa shape index (κ3) is 2.94. The molecule has 1 saturated heterocycles. The fourth-order valence-corrected chi connectivity index (χ4v) is 3.97. The van der Waals surface area contributed by atoms with Crippen molar-refractivity contribution in [3.05, 3.63) is 27.3 Å². The van der Waals surface area contributed by atoms with Crippen LogP contribution in [-0.4, -0.2) is 32.2 Å². The smallest absolute Gasteiger partial charge is 0.327 e. The van der Waals surface area contributed by atoms with Crippen molar-refractivity contribution in [3.63, 3.8) is 0 Å². The lowest BCUT2D eigenvalue weighted by atomic mass is 10.0. The van der Waals surface area contributed by atoms with Gasteiger partial charge in [-0.05, 0) is 23.4 Å². The van der Waals surface area contributed by atoms with Crippen LogP contribution in [0.1, 0.15) is 18.7 Å². The number of rotatable bonds is 4. The predicted molar refractivity (Wildman–Crippen MR) is 85.6 cm³/mol. The Morgan fingerprint density at radius 2 is 2.20 bits per heavy atom. The molecule has 0 aromatic carbocycles. The SMILES string of the molecule is CC(C)C(C(=O)O)N1C(=O)/C(=C\c2cccs2)SC1=S. The summed E-state index contributed by atoms with van der Waals surface area (Å²) in [6.07, 6.45) is 1.75. The van der Waals surface area contributed by atoms with Crippen LogP contribution < -0.4 is 0 Å². The first-order valence-corrected chi connectivity index (χ1v) is 8.05. The summed E-state index contributed by atoms with van der Waals surface area (Å²) in [6, 6.07) is 2.87. The van der Waals surface area contributed by atoms with E-state index in [4.69, 9.17) is 12.2 Å². The van der Waals surface area contributed by atoms with Crippen LogP contribution >= 0.6 is 35.3 Å². The highest BCUT2D eigenvalue weighted by atomic mass is 32.2. The van der Waals surface area contributed by atoms with Gasteiger partial charge < -0.3 is 5.11 Å². The van der Waals surface area contributed by atoms with Crippen molar-refractivity contribution >= 4 is 57.6 Å². The van der Waals surface area contributed by atoms with E-state index in [0.717, 1.165) is 16.6 Å². The first-order chi connectivity index (χ1) is 9.41. The monoisotopic (exact) mass is 327 g/mol. The van der Waals surface area contributed by atoms with Crippen molar-refractivity contribution in [1.29, 1.82) is 0 Å². The van der Waals surface area contributed by atoms with Crippen LogP contribution in [0.2, 0.25) is 0 Å². The number of nitrogens with zero attached hydrogens (tertiary/aromatic N) is 1. The summed E-state index contributed by atoms with van der Waals surface area (Å²) in [5.74, 6) is -1.57. The summed E-state index contributed by atoms with van der Waals surface area (Å²) in [7, 11) is 0. The Balaban J connectivity index is 2.31. The molecule has 106 valence electrons. The third-order valence-corrected chi connectivity index (χ3v) is 4.95. The highest BCUT2D eigenvalue weighted by Gasteiger charge is 2.41. The average molecular weight is 327 g/mol. The maximum atomic E-state index is 12.4. The van der Waals surface area contributed by atoms with Crippen molar-refractivity contribution in [2.24, 2.45) is 5.92 Å². The number of amides is 1. The Labute approximate surface area is 130 Å². The molecule has 1 unspecified atom stereocenters. The van der Waals surface area contributed by atoms with E-state index in [9.17, 15) is 14.7 Å². The molecule has 1 aromatic rings. The maximum Gasteiger partial charge on any atom is 0.327 e. The summed E-state index contributed by atoms with van der Waals surface area (Å²) in [5.41, 5.74) is 0. The van der Waals surface area contributed by atoms with Gasteiger partial charge >= 0.3 is 5.97 Å². The van der Waals surface area contributed by atoms with Crippen LogP contribution in [0.5, 0.6) is 0 Å². The molecular weight excluding hydrogens is 314 g/mol. The van der Waals surface area contributed by atoms with Crippen molar-refractivity contribution in [2.75, 3.05) is 0 Å². The normalized spacial score (nSPS) is 19.1. The number of hydrogen-bond donors (Lipinski definition) is 1. The number of hydrogen-bond acceptors (Lipinski definition) is 5. The number of thioether (sulfide) groups is 1. The Hall–Kier alpha value is -1.18. The van der Waals surface area contributed by atoms with Gasteiger partial charge in [0.15, 0.2) is 0 Å². The molecule has 20 heavy (non-hydrogen) atoms. The summed E-state index contributed by atoms with van der Waals surface area (Å²) in [5, 5.41) is 11.2. The first-order valence-electron chi connectivity index (χ1n) is 5.95. The van der Waals surface area contributed by atoms with Gasteiger partial charge in [-0.25, -0.2) is 4.79 Å². The van der Waals surface area contributed by atoms with Gasteiger partial charge in [0, 0.05) is 4.88 Å². The predicted octanol–water partition coefficient (Wildman–Crippen LogP) is 3.06. The lowest BCUT2D eigenvalue weighted by Crippen LogP contribution is -2.47. The lowest BCUT2D eigenvalue weighted by Gasteiger charge is -2.26. The molecule has 1 aliphatic heterocycles. The summed E-state index contributed by atoms with van der Waals surface area (Å²) in [4.78, 5) is 26.4. The molecule has 0 aliphatic carbocycles. The van der Waals surface area contributed by atoms with Crippen LogP contribution in [0, 0.1) is 5.92 Å². The Bertz CT molecular complexity index is 578. The number of carboxylic acids is 1. The van der Waals surface area contributed by atoms with Crippen LogP contribution in [0.25, 0.3) is 6.08 Å². The number of carbonyl (C=O) groups is 2. The Morgan fingerprint density at radius 3 is 2.70 bits per heavy atom. The number of thiocarbonyl (C=S) groups is 1. The number of aliphatic carboxylic acids is 1. The molecule has 1 amide bonds. The van der Waals surface area contributed by atoms with Crippen LogP contribution in [0.4, 0.5) is 0 Å². The zero-order chi connectivity index (χ0) is 14.9. The van der Waals surface area contributed by atoms with Crippen LogP contribution in [-0.2, 0) is 9.59 Å². The second-order valence-corrected chi connectivity index (χ2v) is 7.25. The minimum atomic E-state index is -1.03. The van der Waals surface area contributed by atoms with Crippen molar-refractivity contribution < 1.29 is 14.7 Å². The second kappa shape index (κ2) is 6.07. The Kier molecular flexibility index (Phi) is 4.62. The summed E-state index contributed by atoms with van der Waals surface area (Å²) in [6.45, 7) is 3.53. The first kappa shape index (κ1) is 15.2. The Morgan fingerprint density at radius 1 is 1.50 bits per heavy atom. The van der Waals surface area contributed by atoms with E-state index in [1.54, 1.807) is 19.9 Å². The third-order valence-electron chi connectivity index (χ3n) is 2.80. The van der Waals surface area contributed by atoms with E-state index in [2.05, 4.69) is 0 Å². The fraction of sp³-hybridized carbons (Fsp3) is 0.308. The van der Waals surface area contributed by atoms with Crippen LogP contribution in [0.3, 0.4) is 0 Å². The van der Waals surface area contributed by atoms with Gasteiger partial charge in [-0.3, -0.25) is 9.69 Å². The van der Waals surface area contributed by atoms with Crippen molar-refractivity contribution in [2.45, 2.75) is 19.9 Å². The molecule has 0 radical (unpaired) electrons. The molecule has 7 heteroatoms. The van der Waals surface area contributed by atoms with Gasteiger partial charge in [0.05, 0.1) is 4.91 Å². The number of thiophene rings is 1. The number of carbonyl (C=O) groups excluding carboxylic acids is 1. The van der Waals surface area contributed by atoms with Gasteiger partial charge in [0.25, 0.3) is 5.91 Å². The molecule has 0 spiro atoms. The van der Waals surface area contributed by atoms with E-state index in [1.165, 1.54) is 16.2 Å². The minimum absolute atomic E-state index is 0.212.